The van der Waals surface area contributed by atoms with E-state index in [0.29, 0.717) is 6.17 Å². The molecule has 1 aromatic rings. The van der Waals surface area contributed by atoms with E-state index in [9.17, 15) is 0 Å². The fourth-order valence-corrected chi connectivity index (χ4v) is 1.92. The molecule has 75 valence electrons. The zero-order valence-electron chi connectivity index (χ0n) is 8.88. The fourth-order valence-electron chi connectivity index (χ4n) is 1.92. The van der Waals surface area contributed by atoms with Crippen LogP contribution in [0.1, 0.15) is 11.7 Å². The predicted octanol–water partition coefficient (Wildman–Crippen LogP) is 1.53. The van der Waals surface area contributed by atoms with Crippen molar-refractivity contribution < 1.29 is 0 Å². The molecule has 0 saturated carbocycles. The normalized spacial score (nSPS) is 25.8. The molecular weight excluding hydrogens is 174 g/mol. The third kappa shape index (κ3) is 1.54. The molecule has 3 nitrogen and oxygen atoms in total. The number of nitrogens with zero attached hydrogens (tertiary/aromatic N) is 3. The smallest absolute Gasteiger partial charge is 0.108 e. The van der Waals surface area contributed by atoms with Crippen molar-refractivity contribution in [1.29, 1.82) is 0 Å². The summed E-state index contributed by atoms with van der Waals surface area (Å²) in [5.41, 5.74) is 1.32. The number of benzene rings is 1. The molecule has 2 rings (SSSR count). The van der Waals surface area contributed by atoms with Crippen LogP contribution in [0.25, 0.3) is 0 Å². The quantitative estimate of drug-likeness (QED) is 0.665. The summed E-state index contributed by atoms with van der Waals surface area (Å²) in [5.74, 6) is 0. The zero-order chi connectivity index (χ0) is 10.1. The van der Waals surface area contributed by atoms with Gasteiger partial charge >= 0.3 is 0 Å². The molecule has 1 aliphatic heterocycles. The van der Waals surface area contributed by atoms with Gasteiger partial charge in [0.25, 0.3) is 0 Å². The van der Waals surface area contributed by atoms with Crippen molar-refractivity contribution in [2.45, 2.75) is 6.17 Å². The minimum atomic E-state index is 0.321. The second-order valence-electron chi connectivity index (χ2n) is 3.71. The van der Waals surface area contributed by atoms with Crippen molar-refractivity contribution in [3.63, 3.8) is 0 Å². The summed E-state index contributed by atoms with van der Waals surface area (Å²) in [5, 5.41) is 4.30. The van der Waals surface area contributed by atoms with Crippen LogP contribution in [0.4, 0.5) is 0 Å². The Labute approximate surface area is 85.5 Å². The van der Waals surface area contributed by atoms with Gasteiger partial charge in [-0.15, -0.1) is 0 Å². The van der Waals surface area contributed by atoms with Gasteiger partial charge in [0, 0.05) is 14.1 Å². The van der Waals surface area contributed by atoms with Gasteiger partial charge in [-0.05, 0) is 12.6 Å². The third-order valence-electron chi connectivity index (χ3n) is 2.68. The van der Waals surface area contributed by atoms with E-state index in [1.165, 1.54) is 5.56 Å². The van der Waals surface area contributed by atoms with Crippen LogP contribution in [-0.2, 0) is 0 Å². The van der Waals surface area contributed by atoms with Crippen LogP contribution >= 0.6 is 0 Å². The maximum Gasteiger partial charge on any atom is 0.108 e. The van der Waals surface area contributed by atoms with Crippen molar-refractivity contribution in [3.8, 4) is 0 Å². The van der Waals surface area contributed by atoms with Gasteiger partial charge in [-0.25, -0.2) is 10.0 Å². The van der Waals surface area contributed by atoms with E-state index in [2.05, 4.69) is 67.0 Å². The molecule has 0 spiro atoms. The first kappa shape index (κ1) is 9.65. The van der Waals surface area contributed by atoms with E-state index in [1.807, 2.05) is 6.07 Å². The standard InChI is InChI=1S/C11H16N3/c1-12-9-13(2)14(3)11(12)10-7-5-4-6-8-10/h4-9,11H,1-3H3. The second-order valence-corrected chi connectivity index (χ2v) is 3.71. The zero-order valence-corrected chi connectivity index (χ0v) is 8.88. The summed E-state index contributed by atoms with van der Waals surface area (Å²) in [6.07, 6.45) is 0.321. The molecular formula is C11H16N3. The Bertz CT molecular complexity index is 299. The van der Waals surface area contributed by atoms with Crippen LogP contribution in [0.5, 0.6) is 0 Å². The summed E-state index contributed by atoms with van der Waals surface area (Å²) < 4.78 is 0. The van der Waals surface area contributed by atoms with E-state index in [-0.39, 0.29) is 0 Å². The Morgan fingerprint density at radius 3 is 2.14 bits per heavy atom. The molecule has 3 heteroatoms. The Morgan fingerprint density at radius 2 is 1.64 bits per heavy atom. The van der Waals surface area contributed by atoms with Crippen molar-refractivity contribution in [2.75, 3.05) is 21.1 Å². The Balaban J connectivity index is 2.26. The topological polar surface area (TPSA) is 9.72 Å². The van der Waals surface area contributed by atoms with E-state index in [4.69, 9.17) is 0 Å². The molecule has 14 heavy (non-hydrogen) atoms. The van der Waals surface area contributed by atoms with Crippen molar-refractivity contribution in [3.05, 3.63) is 42.6 Å². The highest BCUT2D eigenvalue weighted by atomic mass is 15.7. The molecule has 0 amide bonds. The highest BCUT2D eigenvalue weighted by molar-refractivity contribution is 5.19. The number of rotatable bonds is 1. The predicted molar refractivity (Wildman–Crippen MR) is 56.8 cm³/mol. The summed E-state index contributed by atoms with van der Waals surface area (Å²) in [6.45, 7) is 2.09. The Kier molecular flexibility index (Phi) is 2.54. The van der Waals surface area contributed by atoms with Gasteiger partial charge in [0.15, 0.2) is 0 Å². The lowest BCUT2D eigenvalue weighted by molar-refractivity contribution is 0.0545. The lowest BCUT2D eigenvalue weighted by Crippen LogP contribution is -2.30. The molecule has 1 aromatic carbocycles. The summed E-state index contributed by atoms with van der Waals surface area (Å²) in [7, 11) is 6.24. The van der Waals surface area contributed by atoms with Crippen LogP contribution in [0, 0.1) is 6.67 Å². The van der Waals surface area contributed by atoms with Gasteiger partial charge in [0.2, 0.25) is 0 Å². The molecule has 0 bridgehead atoms. The highest BCUT2D eigenvalue weighted by Gasteiger charge is 2.32. The summed E-state index contributed by atoms with van der Waals surface area (Å²) >= 11 is 0. The third-order valence-corrected chi connectivity index (χ3v) is 2.68. The molecule has 1 saturated heterocycles. The monoisotopic (exact) mass is 190 g/mol. The SMILES string of the molecule is CN1[CH]N(C)N(C)C1c1ccccc1. The summed E-state index contributed by atoms with van der Waals surface area (Å²) in [6, 6.07) is 10.5. The van der Waals surface area contributed by atoms with E-state index in [0.717, 1.165) is 0 Å². The average Bonchev–Trinajstić information content (AvgIpc) is 2.43. The molecule has 1 unspecified atom stereocenters. The second kappa shape index (κ2) is 3.69. The van der Waals surface area contributed by atoms with E-state index in [1.54, 1.807) is 0 Å². The molecule has 1 radical (unpaired) electrons. The van der Waals surface area contributed by atoms with E-state index < -0.39 is 0 Å². The average molecular weight is 190 g/mol. The molecule has 0 N–H and O–H groups in total. The minimum absolute atomic E-state index is 0.321. The van der Waals surface area contributed by atoms with Gasteiger partial charge < -0.3 is 0 Å². The molecule has 0 aromatic heterocycles. The van der Waals surface area contributed by atoms with Crippen LogP contribution in [0.2, 0.25) is 0 Å². The van der Waals surface area contributed by atoms with Gasteiger partial charge in [-0.1, -0.05) is 30.3 Å². The van der Waals surface area contributed by atoms with Crippen LogP contribution in [0.3, 0.4) is 0 Å². The van der Waals surface area contributed by atoms with Gasteiger partial charge in [0.1, 0.15) is 12.8 Å². The number of hydrazine groups is 1. The Morgan fingerprint density at radius 1 is 1.00 bits per heavy atom. The highest BCUT2D eigenvalue weighted by Crippen LogP contribution is 2.30. The lowest BCUT2D eigenvalue weighted by atomic mass is 10.1. The van der Waals surface area contributed by atoms with Gasteiger partial charge in [-0.2, -0.15) is 0 Å². The van der Waals surface area contributed by atoms with Crippen LogP contribution in [0.15, 0.2) is 30.3 Å². The molecule has 1 fully saturated rings. The maximum absolute atomic E-state index is 2.20. The van der Waals surface area contributed by atoms with Crippen LogP contribution < -0.4 is 0 Å². The van der Waals surface area contributed by atoms with Crippen molar-refractivity contribution in [2.24, 2.45) is 0 Å². The first-order valence-electron chi connectivity index (χ1n) is 4.77. The number of hydrogen-bond donors (Lipinski definition) is 0. The van der Waals surface area contributed by atoms with E-state index >= 15 is 0 Å². The molecule has 1 aliphatic rings. The summed E-state index contributed by atoms with van der Waals surface area (Å²) in [4.78, 5) is 2.20. The first-order valence-corrected chi connectivity index (χ1v) is 4.77. The Hall–Kier alpha value is -0.900. The molecule has 1 heterocycles. The maximum atomic E-state index is 2.20. The molecule has 1 atom stereocenters. The van der Waals surface area contributed by atoms with Crippen LogP contribution in [-0.4, -0.2) is 36.1 Å². The van der Waals surface area contributed by atoms with Crippen molar-refractivity contribution >= 4 is 0 Å². The fraction of sp³-hybridized carbons (Fsp3) is 0.364. The largest absolute Gasteiger partial charge is 0.267 e. The van der Waals surface area contributed by atoms with Gasteiger partial charge in [0.05, 0.1) is 0 Å². The first-order chi connectivity index (χ1) is 6.70. The van der Waals surface area contributed by atoms with Gasteiger partial charge in [-0.3, -0.25) is 4.90 Å². The number of hydrogen-bond acceptors (Lipinski definition) is 3. The van der Waals surface area contributed by atoms with Crippen molar-refractivity contribution in [1.82, 2.24) is 14.9 Å². The lowest BCUT2D eigenvalue weighted by Gasteiger charge is -2.25. The molecule has 0 aliphatic carbocycles. The minimum Gasteiger partial charge on any atom is -0.267 e.